The lowest BCUT2D eigenvalue weighted by molar-refractivity contribution is -0.140. The summed E-state index contributed by atoms with van der Waals surface area (Å²) in [5, 5.41) is 14.8. The number of amides is 2. The molecule has 4 aliphatic rings. The molecule has 6 heteroatoms. The van der Waals surface area contributed by atoms with Crippen LogP contribution < -0.4 is 4.74 Å². The zero-order valence-corrected chi connectivity index (χ0v) is 13.3. The van der Waals surface area contributed by atoms with Crippen LogP contribution in [0.3, 0.4) is 0 Å². The summed E-state index contributed by atoms with van der Waals surface area (Å²) in [4.78, 5) is 25.3. The molecule has 1 aromatic rings. The molecule has 1 saturated heterocycles. The number of carbonyl (C=O) groups excluding carboxylic acids is 2. The highest BCUT2D eigenvalue weighted by Gasteiger charge is 2.56. The summed E-state index contributed by atoms with van der Waals surface area (Å²) in [6, 6.07) is 4.73. The molecule has 5 rings (SSSR count). The van der Waals surface area contributed by atoms with Crippen LogP contribution in [0.5, 0.6) is 11.5 Å². The van der Waals surface area contributed by atoms with Crippen LogP contribution in [-0.4, -0.2) is 35.3 Å². The first-order valence-corrected chi connectivity index (χ1v) is 8.07. The molecule has 1 N–H and O–H groups in total. The second-order valence-electron chi connectivity index (χ2n) is 6.51. The molecule has 1 aromatic carbocycles. The third-order valence-electron chi connectivity index (χ3n) is 5.26. The van der Waals surface area contributed by atoms with Gasteiger partial charge in [0.2, 0.25) is 0 Å². The summed E-state index contributed by atoms with van der Waals surface area (Å²) in [5.41, 5.74) is 0.640. The first kappa shape index (κ1) is 14.9. The van der Waals surface area contributed by atoms with Crippen molar-refractivity contribution in [2.24, 2.45) is 28.8 Å². The van der Waals surface area contributed by atoms with Gasteiger partial charge in [0.15, 0.2) is 11.5 Å². The van der Waals surface area contributed by atoms with E-state index in [-0.39, 0.29) is 41.2 Å². The highest BCUT2D eigenvalue weighted by molar-refractivity contribution is 6.06. The lowest BCUT2D eigenvalue weighted by Crippen LogP contribution is -2.38. The van der Waals surface area contributed by atoms with Crippen LogP contribution in [0, 0.1) is 23.7 Å². The third-order valence-corrected chi connectivity index (χ3v) is 5.26. The number of imide groups is 1. The Morgan fingerprint density at radius 2 is 1.79 bits per heavy atom. The number of benzene rings is 1. The van der Waals surface area contributed by atoms with Crippen LogP contribution in [0.25, 0.3) is 0 Å². The molecule has 2 bridgehead atoms. The van der Waals surface area contributed by atoms with Gasteiger partial charge in [-0.25, -0.2) is 0 Å². The van der Waals surface area contributed by atoms with Gasteiger partial charge in [0, 0.05) is 0 Å². The Balaban J connectivity index is 1.59. The van der Waals surface area contributed by atoms with Crippen molar-refractivity contribution >= 4 is 18.0 Å². The average Bonchev–Trinajstić information content (AvgIpc) is 2.88. The molecule has 0 unspecified atom stereocenters. The number of allylic oxidation sites excluding steroid dienone is 2. The van der Waals surface area contributed by atoms with E-state index in [1.807, 2.05) is 0 Å². The van der Waals surface area contributed by atoms with Crippen LogP contribution in [0.2, 0.25) is 0 Å². The molecule has 1 heterocycles. The van der Waals surface area contributed by atoms with E-state index in [9.17, 15) is 14.7 Å². The smallest absolute Gasteiger partial charge is 0.254 e. The number of phenols is 1. The second kappa shape index (κ2) is 5.47. The molecular weight excluding hydrogens is 308 g/mol. The van der Waals surface area contributed by atoms with Crippen molar-refractivity contribution in [3.63, 3.8) is 0 Å². The molecule has 0 radical (unpaired) electrons. The molecular formula is C18H18N2O4. The van der Waals surface area contributed by atoms with Crippen molar-refractivity contribution in [3.05, 3.63) is 35.9 Å². The highest BCUT2D eigenvalue weighted by atomic mass is 16.5. The van der Waals surface area contributed by atoms with E-state index >= 15 is 0 Å². The van der Waals surface area contributed by atoms with Gasteiger partial charge in [-0.15, -0.1) is 0 Å². The number of fused-ring (bicyclic) bond motifs is 1. The van der Waals surface area contributed by atoms with Gasteiger partial charge in [0.05, 0.1) is 25.2 Å². The van der Waals surface area contributed by atoms with Crippen LogP contribution in [0.15, 0.2) is 35.5 Å². The van der Waals surface area contributed by atoms with Gasteiger partial charge < -0.3 is 9.84 Å². The largest absolute Gasteiger partial charge is 0.504 e. The van der Waals surface area contributed by atoms with Gasteiger partial charge in [0.25, 0.3) is 11.8 Å². The molecule has 0 spiro atoms. The van der Waals surface area contributed by atoms with E-state index in [2.05, 4.69) is 17.3 Å². The normalized spacial score (nSPS) is 31.1. The van der Waals surface area contributed by atoms with Crippen molar-refractivity contribution in [2.45, 2.75) is 12.8 Å². The molecule has 0 aromatic heterocycles. The number of methoxy groups -OCH3 is 1. The summed E-state index contributed by atoms with van der Waals surface area (Å²) in [5.74, 6) is -0.265. The second-order valence-corrected chi connectivity index (χ2v) is 6.51. The molecule has 3 aliphatic carbocycles. The number of carbonyl (C=O) groups is 2. The zero-order chi connectivity index (χ0) is 16.8. The number of hydrogen-bond donors (Lipinski definition) is 1. The topological polar surface area (TPSA) is 79.2 Å². The fourth-order valence-electron chi connectivity index (χ4n) is 4.07. The first-order chi connectivity index (χ1) is 11.6. The SMILES string of the molecule is COc1cc(/C=N\N2C(=O)[C@@H]3[C@@H](C2=O)[C@@H]2C=C[C@@H]3CC2)ccc1O. The zero-order valence-electron chi connectivity index (χ0n) is 13.3. The lowest BCUT2D eigenvalue weighted by Gasteiger charge is -2.37. The fraction of sp³-hybridized carbons (Fsp3) is 0.389. The lowest BCUT2D eigenvalue weighted by atomic mass is 9.63. The monoisotopic (exact) mass is 326 g/mol. The molecule has 6 nitrogen and oxygen atoms in total. The van der Waals surface area contributed by atoms with E-state index < -0.39 is 0 Å². The van der Waals surface area contributed by atoms with E-state index in [0.29, 0.717) is 11.3 Å². The molecule has 1 saturated carbocycles. The van der Waals surface area contributed by atoms with Gasteiger partial charge in [-0.05, 0) is 48.4 Å². The van der Waals surface area contributed by atoms with Crippen molar-refractivity contribution in [1.29, 1.82) is 0 Å². The highest BCUT2D eigenvalue weighted by Crippen LogP contribution is 2.49. The molecule has 24 heavy (non-hydrogen) atoms. The Bertz CT molecular complexity index is 738. The van der Waals surface area contributed by atoms with Crippen molar-refractivity contribution in [1.82, 2.24) is 5.01 Å². The van der Waals surface area contributed by atoms with Crippen LogP contribution in [0.1, 0.15) is 18.4 Å². The summed E-state index contributed by atoms with van der Waals surface area (Å²) < 4.78 is 5.05. The molecule has 124 valence electrons. The molecule has 4 atom stereocenters. The minimum atomic E-state index is -0.257. The van der Waals surface area contributed by atoms with E-state index in [0.717, 1.165) is 17.9 Å². The van der Waals surface area contributed by atoms with E-state index in [1.54, 1.807) is 12.1 Å². The van der Waals surface area contributed by atoms with Crippen molar-refractivity contribution in [2.75, 3.05) is 7.11 Å². The number of ether oxygens (including phenoxy) is 1. The summed E-state index contributed by atoms with van der Waals surface area (Å²) in [6.07, 6.45) is 7.55. The Labute approximate surface area is 139 Å². The Kier molecular flexibility index (Phi) is 3.40. The predicted molar refractivity (Wildman–Crippen MR) is 86.4 cm³/mol. The van der Waals surface area contributed by atoms with Crippen LogP contribution in [0.4, 0.5) is 0 Å². The van der Waals surface area contributed by atoms with Gasteiger partial charge in [0.1, 0.15) is 0 Å². The van der Waals surface area contributed by atoms with Crippen LogP contribution >= 0.6 is 0 Å². The average molecular weight is 326 g/mol. The first-order valence-electron chi connectivity index (χ1n) is 8.07. The Hall–Kier alpha value is -2.63. The molecule has 1 aliphatic heterocycles. The van der Waals surface area contributed by atoms with Crippen molar-refractivity contribution in [3.8, 4) is 11.5 Å². The number of aromatic hydroxyl groups is 1. The van der Waals surface area contributed by atoms with E-state index in [1.165, 1.54) is 19.4 Å². The van der Waals surface area contributed by atoms with Crippen molar-refractivity contribution < 1.29 is 19.4 Å². The third kappa shape index (κ3) is 2.13. The minimum Gasteiger partial charge on any atom is -0.504 e. The molecule has 2 fully saturated rings. The van der Waals surface area contributed by atoms with Gasteiger partial charge in [-0.1, -0.05) is 12.2 Å². The van der Waals surface area contributed by atoms with Gasteiger partial charge >= 0.3 is 0 Å². The summed E-state index contributed by atoms with van der Waals surface area (Å²) >= 11 is 0. The summed E-state index contributed by atoms with van der Waals surface area (Å²) in [6.45, 7) is 0. The maximum atomic E-state index is 12.6. The summed E-state index contributed by atoms with van der Waals surface area (Å²) in [7, 11) is 1.46. The number of phenolic OH excluding ortho intramolecular Hbond substituents is 1. The predicted octanol–water partition coefficient (Wildman–Crippen LogP) is 1.93. The standard InChI is InChI=1S/C18H18N2O4/c1-24-14-8-10(2-7-13(14)21)9-19-20-17(22)15-11-3-4-12(6-5-11)16(15)18(20)23/h2-4,7-9,11-12,15-16,21H,5-6H2,1H3/b19-9-/t11-,12-,15+,16+/m1/s1. The Morgan fingerprint density at radius 1 is 1.17 bits per heavy atom. The number of hydrogen-bond acceptors (Lipinski definition) is 5. The van der Waals surface area contributed by atoms with Gasteiger partial charge in [-0.2, -0.15) is 10.1 Å². The maximum Gasteiger partial charge on any atom is 0.254 e. The number of rotatable bonds is 3. The number of hydrazone groups is 1. The number of nitrogens with zero attached hydrogens (tertiary/aromatic N) is 2. The van der Waals surface area contributed by atoms with Crippen LogP contribution in [-0.2, 0) is 9.59 Å². The Morgan fingerprint density at radius 3 is 2.33 bits per heavy atom. The quantitative estimate of drug-likeness (QED) is 0.523. The minimum absolute atomic E-state index is 0.0247. The van der Waals surface area contributed by atoms with E-state index in [4.69, 9.17) is 4.74 Å². The maximum absolute atomic E-state index is 12.6. The fourth-order valence-corrected chi connectivity index (χ4v) is 4.07. The molecule has 2 amide bonds. The van der Waals surface area contributed by atoms with Gasteiger partial charge in [-0.3, -0.25) is 9.59 Å².